The molecule has 1 aromatic carbocycles. The van der Waals surface area contributed by atoms with Gasteiger partial charge >= 0.3 is 7.05 Å². The van der Waals surface area contributed by atoms with E-state index in [4.69, 9.17) is 4.74 Å². The topological polar surface area (TPSA) is 32.7 Å². The van der Waals surface area contributed by atoms with Crippen molar-refractivity contribution in [3.63, 3.8) is 0 Å². The average molecular weight is 219 g/mol. The summed E-state index contributed by atoms with van der Waals surface area (Å²) in [6.45, 7) is 3.45. The Bertz CT molecular complexity index is 318. The summed E-state index contributed by atoms with van der Waals surface area (Å²) in [6, 6.07) is 10.2. The molecule has 1 unspecified atom stereocenters. The number of nitrogens with zero attached hydrogens (tertiary/aromatic N) is 1. The second-order valence-electron chi connectivity index (χ2n) is 4.29. The van der Waals surface area contributed by atoms with Gasteiger partial charge in [-0.3, -0.25) is 0 Å². The summed E-state index contributed by atoms with van der Waals surface area (Å²) in [5, 5.41) is 9.59. The third kappa shape index (κ3) is 2.77. The smallest absolute Gasteiger partial charge is 0.376 e. The van der Waals surface area contributed by atoms with E-state index in [1.807, 2.05) is 37.2 Å². The van der Waals surface area contributed by atoms with Crippen molar-refractivity contribution in [2.24, 2.45) is 0 Å². The Morgan fingerprint density at radius 3 is 2.88 bits per heavy atom. The number of hydrogen-bond donors (Lipinski definition) is 1. The van der Waals surface area contributed by atoms with Crippen LogP contribution in [0, 0.1) is 0 Å². The lowest BCUT2D eigenvalue weighted by Crippen LogP contribution is -2.43. The highest BCUT2D eigenvalue weighted by Crippen LogP contribution is 2.19. The van der Waals surface area contributed by atoms with Crippen molar-refractivity contribution in [1.29, 1.82) is 0 Å². The van der Waals surface area contributed by atoms with Gasteiger partial charge in [0, 0.05) is 6.04 Å². The summed E-state index contributed by atoms with van der Waals surface area (Å²) in [7, 11) is -0.369. The van der Waals surface area contributed by atoms with Gasteiger partial charge in [-0.25, -0.2) is 0 Å². The van der Waals surface area contributed by atoms with Crippen LogP contribution in [0.15, 0.2) is 30.3 Å². The molecule has 1 aromatic rings. The molecule has 0 radical (unpaired) electrons. The van der Waals surface area contributed by atoms with E-state index in [0.717, 1.165) is 25.1 Å². The quantitative estimate of drug-likeness (QED) is 0.781. The number of benzene rings is 1. The van der Waals surface area contributed by atoms with Gasteiger partial charge in [-0.15, -0.1) is 0 Å². The molecule has 0 aliphatic carbocycles. The molecule has 1 atom stereocenters. The molecular weight excluding hydrogens is 201 g/mol. The monoisotopic (exact) mass is 219 g/mol. The summed E-state index contributed by atoms with van der Waals surface area (Å²) in [5.41, 5.74) is 0. The fraction of sp³-hybridized carbons (Fsp3) is 0.500. The maximum absolute atomic E-state index is 9.59. The van der Waals surface area contributed by atoms with Gasteiger partial charge in [0.05, 0.1) is 0 Å². The Balaban J connectivity index is 1.86. The third-order valence-electron chi connectivity index (χ3n) is 3.09. The molecule has 2 rings (SSSR count). The minimum Gasteiger partial charge on any atom is -0.492 e. The average Bonchev–Trinajstić information content (AvgIpc) is 2.76. The molecule has 0 saturated carbocycles. The van der Waals surface area contributed by atoms with Crippen molar-refractivity contribution < 1.29 is 9.76 Å². The predicted molar refractivity (Wildman–Crippen MR) is 65.5 cm³/mol. The van der Waals surface area contributed by atoms with Crippen LogP contribution < -0.4 is 4.74 Å². The molecule has 1 N–H and O–H groups in total. The molecule has 0 aromatic heterocycles. The summed E-state index contributed by atoms with van der Waals surface area (Å²) in [6.07, 6.45) is 2.26. The van der Waals surface area contributed by atoms with Crippen molar-refractivity contribution in [3.05, 3.63) is 30.3 Å². The second kappa shape index (κ2) is 5.37. The van der Waals surface area contributed by atoms with Gasteiger partial charge in [-0.2, -0.15) is 0 Å². The molecule has 1 heterocycles. The molecule has 1 saturated heterocycles. The first-order valence-corrected chi connectivity index (χ1v) is 5.89. The van der Waals surface area contributed by atoms with Gasteiger partial charge < -0.3 is 14.6 Å². The Labute approximate surface area is 97.2 Å². The van der Waals surface area contributed by atoms with E-state index in [9.17, 15) is 5.02 Å². The standard InChI is InChI=1S/C12H18BNO2/c1-13(15)14-9-5-6-11(14)10-16-12-7-3-2-4-8-12/h2-4,7-8,11,15H,5-6,9-10H2,1H3. The number of para-hydroxylation sites is 1. The van der Waals surface area contributed by atoms with Gasteiger partial charge in [0.15, 0.2) is 0 Å². The first-order chi connectivity index (χ1) is 7.77. The zero-order chi connectivity index (χ0) is 11.4. The van der Waals surface area contributed by atoms with Gasteiger partial charge in [0.1, 0.15) is 12.4 Å². The van der Waals surface area contributed by atoms with E-state index in [2.05, 4.69) is 4.81 Å². The summed E-state index contributed by atoms with van der Waals surface area (Å²) in [4.78, 5) is 2.10. The fourth-order valence-corrected chi connectivity index (χ4v) is 2.24. The van der Waals surface area contributed by atoms with Crippen LogP contribution in [0.25, 0.3) is 0 Å². The maximum Gasteiger partial charge on any atom is 0.376 e. The lowest BCUT2D eigenvalue weighted by atomic mass is 9.84. The Morgan fingerprint density at radius 1 is 1.44 bits per heavy atom. The molecule has 1 aliphatic heterocycles. The van der Waals surface area contributed by atoms with Crippen LogP contribution in [0.4, 0.5) is 0 Å². The molecule has 16 heavy (non-hydrogen) atoms. The first kappa shape index (κ1) is 11.5. The van der Waals surface area contributed by atoms with Crippen LogP contribution in [-0.4, -0.2) is 36.1 Å². The SMILES string of the molecule is CB(O)N1CCCC1COc1ccccc1. The van der Waals surface area contributed by atoms with Crippen LogP contribution in [0.1, 0.15) is 12.8 Å². The van der Waals surface area contributed by atoms with Crippen molar-refractivity contribution in [2.45, 2.75) is 25.7 Å². The maximum atomic E-state index is 9.59. The number of ether oxygens (including phenoxy) is 1. The Kier molecular flexibility index (Phi) is 3.85. The van der Waals surface area contributed by atoms with Crippen LogP contribution in [0.3, 0.4) is 0 Å². The van der Waals surface area contributed by atoms with E-state index in [-0.39, 0.29) is 7.05 Å². The van der Waals surface area contributed by atoms with E-state index >= 15 is 0 Å². The minimum absolute atomic E-state index is 0.347. The summed E-state index contributed by atoms with van der Waals surface area (Å²) in [5.74, 6) is 0.903. The largest absolute Gasteiger partial charge is 0.492 e. The van der Waals surface area contributed by atoms with E-state index < -0.39 is 0 Å². The number of rotatable bonds is 4. The third-order valence-corrected chi connectivity index (χ3v) is 3.09. The zero-order valence-corrected chi connectivity index (χ0v) is 9.67. The molecule has 0 bridgehead atoms. The lowest BCUT2D eigenvalue weighted by molar-refractivity contribution is 0.219. The van der Waals surface area contributed by atoms with Crippen molar-refractivity contribution in [1.82, 2.24) is 4.81 Å². The van der Waals surface area contributed by atoms with Crippen LogP contribution >= 0.6 is 0 Å². The fourth-order valence-electron chi connectivity index (χ4n) is 2.24. The molecule has 4 heteroatoms. The van der Waals surface area contributed by atoms with Gasteiger partial charge in [0.2, 0.25) is 0 Å². The number of hydrogen-bond acceptors (Lipinski definition) is 3. The molecule has 1 aliphatic rings. The highest BCUT2D eigenvalue weighted by molar-refractivity contribution is 6.45. The zero-order valence-electron chi connectivity index (χ0n) is 9.67. The highest BCUT2D eigenvalue weighted by Gasteiger charge is 2.30. The highest BCUT2D eigenvalue weighted by atomic mass is 16.5. The minimum atomic E-state index is -0.369. The molecular formula is C12H18BNO2. The van der Waals surface area contributed by atoms with Crippen molar-refractivity contribution in [3.8, 4) is 5.75 Å². The van der Waals surface area contributed by atoms with Crippen molar-refractivity contribution >= 4 is 7.05 Å². The van der Waals surface area contributed by atoms with Crippen molar-refractivity contribution in [2.75, 3.05) is 13.2 Å². The molecule has 1 fully saturated rings. The predicted octanol–water partition coefficient (Wildman–Crippen LogP) is 1.64. The first-order valence-electron chi connectivity index (χ1n) is 5.89. The second-order valence-corrected chi connectivity index (χ2v) is 4.29. The Morgan fingerprint density at radius 2 is 2.19 bits per heavy atom. The molecule has 0 amide bonds. The van der Waals surface area contributed by atoms with Gasteiger partial charge in [-0.05, 0) is 38.3 Å². The normalized spacial score (nSPS) is 21.0. The van der Waals surface area contributed by atoms with Crippen LogP contribution in [-0.2, 0) is 0 Å². The molecule has 3 nitrogen and oxygen atoms in total. The lowest BCUT2D eigenvalue weighted by Gasteiger charge is -2.25. The van der Waals surface area contributed by atoms with Gasteiger partial charge in [0.25, 0.3) is 0 Å². The summed E-state index contributed by atoms with van der Waals surface area (Å²) >= 11 is 0. The van der Waals surface area contributed by atoms with E-state index in [1.54, 1.807) is 0 Å². The van der Waals surface area contributed by atoms with E-state index in [0.29, 0.717) is 12.6 Å². The van der Waals surface area contributed by atoms with Gasteiger partial charge in [-0.1, -0.05) is 18.2 Å². The molecule has 86 valence electrons. The summed E-state index contributed by atoms with van der Waals surface area (Å²) < 4.78 is 5.72. The Hall–Kier alpha value is -0.995. The molecule has 0 spiro atoms. The van der Waals surface area contributed by atoms with Crippen LogP contribution in [0.5, 0.6) is 5.75 Å². The van der Waals surface area contributed by atoms with Crippen LogP contribution in [0.2, 0.25) is 6.82 Å². The van der Waals surface area contributed by atoms with E-state index in [1.165, 1.54) is 0 Å².